The van der Waals surface area contributed by atoms with Gasteiger partial charge in [0.05, 0.1) is 24.3 Å². The van der Waals surface area contributed by atoms with Gasteiger partial charge < -0.3 is 9.67 Å². The molecule has 5 rings (SSSR count). The van der Waals surface area contributed by atoms with Gasteiger partial charge >= 0.3 is 0 Å². The Morgan fingerprint density at radius 2 is 1.87 bits per heavy atom. The molecule has 2 aliphatic heterocycles. The number of nitrogens with zero attached hydrogens (tertiary/aromatic N) is 3. The highest BCUT2D eigenvalue weighted by atomic mass is 16.3. The summed E-state index contributed by atoms with van der Waals surface area (Å²) in [5.74, 6) is 0.627. The molecule has 1 aromatic carbocycles. The van der Waals surface area contributed by atoms with Gasteiger partial charge in [0.1, 0.15) is 0 Å². The van der Waals surface area contributed by atoms with Crippen LogP contribution in [0.2, 0.25) is 0 Å². The highest BCUT2D eigenvalue weighted by Gasteiger charge is 2.46. The lowest BCUT2D eigenvalue weighted by Crippen LogP contribution is -2.36. The number of aromatic nitrogens is 1. The number of fused-ring (bicyclic) bond motifs is 2. The quantitative estimate of drug-likeness (QED) is 0.728. The molecule has 1 aromatic heterocycles. The number of ketones is 1. The smallest absolute Gasteiger partial charge is 0.178 e. The molecule has 2 bridgehead atoms. The van der Waals surface area contributed by atoms with E-state index in [1.807, 2.05) is 31.2 Å². The van der Waals surface area contributed by atoms with Crippen molar-refractivity contribution in [2.24, 2.45) is 0 Å². The van der Waals surface area contributed by atoms with E-state index in [-0.39, 0.29) is 17.9 Å². The number of carbonyl (C=O) groups excluding carboxylic acids is 1. The molecule has 1 aliphatic carbocycles. The average molecular weight is 418 g/mol. The predicted octanol–water partition coefficient (Wildman–Crippen LogP) is 4.49. The molecule has 2 aromatic rings. The van der Waals surface area contributed by atoms with Crippen molar-refractivity contribution in [3.63, 3.8) is 0 Å². The van der Waals surface area contributed by atoms with Crippen molar-refractivity contribution < 1.29 is 9.90 Å². The average Bonchev–Trinajstić information content (AvgIpc) is 3.44. The van der Waals surface area contributed by atoms with Crippen LogP contribution in [0.4, 0.5) is 0 Å². The minimum Gasteiger partial charge on any atom is -0.391 e. The van der Waals surface area contributed by atoms with Gasteiger partial charge in [-0.05, 0) is 75.3 Å². The summed E-state index contributed by atoms with van der Waals surface area (Å²) in [4.78, 5) is 15.7. The molecular formula is C26H31N3O2. The molecule has 31 heavy (non-hydrogen) atoms. The molecule has 5 heteroatoms. The van der Waals surface area contributed by atoms with Crippen LogP contribution in [-0.4, -0.2) is 45.1 Å². The van der Waals surface area contributed by atoms with Crippen molar-refractivity contribution in [2.45, 2.75) is 82.4 Å². The molecule has 1 N–H and O–H groups in total. The summed E-state index contributed by atoms with van der Waals surface area (Å²) in [5.41, 5.74) is 4.70. The van der Waals surface area contributed by atoms with Gasteiger partial charge in [-0.15, -0.1) is 0 Å². The minimum atomic E-state index is -0.284. The summed E-state index contributed by atoms with van der Waals surface area (Å²) in [6.45, 7) is 2.44. The molecule has 162 valence electrons. The topological polar surface area (TPSA) is 69.3 Å². The standard InChI is InChI=1S/C26H31N3O2/c1-17-22(26(31)16-28-21-11-12-23(28)25(30)13-21)14-24(19-5-3-2-4-6-19)29(17)20-9-7-18(15-27)8-10-20/h7-10,14,19,21,23,25,30H,2-6,11-13,16H2,1H3/t21-,23+,25+/m0/s1. The first kappa shape index (κ1) is 20.5. The van der Waals surface area contributed by atoms with Crippen molar-refractivity contribution in [2.75, 3.05) is 6.54 Å². The van der Waals surface area contributed by atoms with Crippen LogP contribution < -0.4 is 0 Å². The number of hydrogen-bond acceptors (Lipinski definition) is 4. The van der Waals surface area contributed by atoms with Crippen molar-refractivity contribution in [1.82, 2.24) is 9.47 Å². The summed E-state index contributed by atoms with van der Waals surface area (Å²) < 4.78 is 2.25. The normalized spacial score (nSPS) is 26.3. The van der Waals surface area contributed by atoms with Gasteiger partial charge in [0, 0.05) is 34.7 Å². The van der Waals surface area contributed by atoms with E-state index in [1.54, 1.807) is 0 Å². The van der Waals surface area contributed by atoms with Crippen LogP contribution in [0.5, 0.6) is 0 Å². The summed E-state index contributed by atoms with van der Waals surface area (Å²) in [5, 5.41) is 19.4. The van der Waals surface area contributed by atoms with E-state index in [2.05, 4.69) is 21.6 Å². The van der Waals surface area contributed by atoms with Crippen LogP contribution in [0, 0.1) is 18.3 Å². The first-order chi connectivity index (χ1) is 15.1. The van der Waals surface area contributed by atoms with E-state index < -0.39 is 0 Å². The second-order valence-electron chi connectivity index (χ2n) is 9.59. The highest BCUT2D eigenvalue weighted by Crippen LogP contribution is 2.39. The lowest BCUT2D eigenvalue weighted by atomic mass is 9.86. The summed E-state index contributed by atoms with van der Waals surface area (Å²) in [6, 6.07) is 12.5. The fourth-order valence-electron chi connectivity index (χ4n) is 6.21. The molecule has 2 saturated heterocycles. The Balaban J connectivity index is 1.49. The van der Waals surface area contributed by atoms with E-state index in [0.717, 1.165) is 49.0 Å². The third-order valence-electron chi connectivity index (χ3n) is 7.83. The van der Waals surface area contributed by atoms with Gasteiger partial charge in [0.25, 0.3) is 0 Å². The second kappa shape index (κ2) is 8.26. The monoisotopic (exact) mass is 417 g/mol. The molecule has 5 nitrogen and oxygen atoms in total. The second-order valence-corrected chi connectivity index (χ2v) is 9.59. The molecule has 0 spiro atoms. The lowest BCUT2D eigenvalue weighted by molar-refractivity contribution is 0.0873. The maximum Gasteiger partial charge on any atom is 0.178 e. The Morgan fingerprint density at radius 3 is 2.48 bits per heavy atom. The fourth-order valence-corrected chi connectivity index (χ4v) is 6.21. The SMILES string of the molecule is Cc1c(C(=O)CN2[C@H]3CC[C@@H]2[C@H](O)C3)cc(C2CCCCC2)n1-c1ccc(C#N)cc1. The molecule has 0 radical (unpaired) electrons. The van der Waals surface area contributed by atoms with E-state index in [4.69, 9.17) is 5.26 Å². The number of carbonyl (C=O) groups is 1. The number of aliphatic hydroxyl groups excluding tert-OH is 1. The van der Waals surface area contributed by atoms with E-state index in [1.165, 1.54) is 25.0 Å². The van der Waals surface area contributed by atoms with Crippen LogP contribution in [0.25, 0.3) is 5.69 Å². The predicted molar refractivity (Wildman–Crippen MR) is 120 cm³/mol. The van der Waals surface area contributed by atoms with E-state index in [0.29, 0.717) is 24.1 Å². The van der Waals surface area contributed by atoms with Crippen LogP contribution in [0.15, 0.2) is 30.3 Å². The fraction of sp³-hybridized carbons (Fsp3) is 0.538. The van der Waals surface area contributed by atoms with E-state index >= 15 is 0 Å². The molecule has 3 atom stereocenters. The van der Waals surface area contributed by atoms with Crippen LogP contribution in [0.1, 0.15) is 84.6 Å². The van der Waals surface area contributed by atoms with Gasteiger partial charge in [-0.1, -0.05) is 19.3 Å². The Morgan fingerprint density at radius 1 is 1.13 bits per heavy atom. The molecule has 0 amide bonds. The Hall–Kier alpha value is -2.42. The first-order valence-corrected chi connectivity index (χ1v) is 11.8. The molecule has 3 aliphatic rings. The largest absolute Gasteiger partial charge is 0.391 e. The molecule has 0 unspecified atom stereocenters. The highest BCUT2D eigenvalue weighted by molar-refractivity contribution is 5.99. The van der Waals surface area contributed by atoms with Crippen molar-refractivity contribution in [3.8, 4) is 11.8 Å². The third kappa shape index (κ3) is 3.62. The van der Waals surface area contributed by atoms with Crippen LogP contribution in [-0.2, 0) is 0 Å². The number of Topliss-reactive ketones (excluding diaryl/α,β-unsaturated/α-hetero) is 1. The molecule has 1 saturated carbocycles. The number of hydrogen-bond donors (Lipinski definition) is 1. The molecule has 3 fully saturated rings. The van der Waals surface area contributed by atoms with Crippen molar-refractivity contribution in [1.29, 1.82) is 5.26 Å². The minimum absolute atomic E-state index is 0.146. The van der Waals surface area contributed by atoms with Crippen molar-refractivity contribution >= 4 is 5.78 Å². The first-order valence-electron chi connectivity index (χ1n) is 11.8. The summed E-state index contributed by atoms with van der Waals surface area (Å²) in [7, 11) is 0. The number of aliphatic hydroxyl groups is 1. The summed E-state index contributed by atoms with van der Waals surface area (Å²) in [6.07, 6.45) is 8.70. The number of rotatable bonds is 5. The Labute approximate surface area is 184 Å². The molecule has 3 heterocycles. The Bertz CT molecular complexity index is 1010. The summed E-state index contributed by atoms with van der Waals surface area (Å²) >= 11 is 0. The van der Waals surface area contributed by atoms with Crippen LogP contribution >= 0.6 is 0 Å². The number of nitriles is 1. The van der Waals surface area contributed by atoms with Gasteiger partial charge in [-0.25, -0.2) is 0 Å². The Kier molecular flexibility index (Phi) is 5.45. The molecular weight excluding hydrogens is 386 g/mol. The van der Waals surface area contributed by atoms with Gasteiger partial charge in [0.2, 0.25) is 0 Å². The van der Waals surface area contributed by atoms with Gasteiger partial charge in [0.15, 0.2) is 5.78 Å². The van der Waals surface area contributed by atoms with Crippen molar-refractivity contribution in [3.05, 3.63) is 52.8 Å². The maximum absolute atomic E-state index is 13.4. The zero-order valence-corrected chi connectivity index (χ0v) is 18.3. The number of benzene rings is 1. The van der Waals surface area contributed by atoms with Gasteiger partial charge in [-0.3, -0.25) is 9.69 Å². The maximum atomic E-state index is 13.4. The van der Waals surface area contributed by atoms with E-state index in [9.17, 15) is 9.90 Å². The zero-order chi connectivity index (χ0) is 21.5. The zero-order valence-electron chi connectivity index (χ0n) is 18.3. The third-order valence-corrected chi connectivity index (χ3v) is 7.83. The van der Waals surface area contributed by atoms with Crippen LogP contribution in [0.3, 0.4) is 0 Å². The lowest BCUT2D eigenvalue weighted by Gasteiger charge is -2.24. The van der Waals surface area contributed by atoms with Gasteiger partial charge in [-0.2, -0.15) is 5.26 Å².